The van der Waals surface area contributed by atoms with Crippen LogP contribution < -0.4 is 10.6 Å². The van der Waals surface area contributed by atoms with Crippen LogP contribution in [0.4, 0.5) is 4.79 Å². The number of carbonyl (C=O) groups is 3. The van der Waals surface area contributed by atoms with Crippen molar-refractivity contribution >= 4 is 18.0 Å². The predicted octanol–water partition coefficient (Wildman–Crippen LogP) is 4.31. The Balaban J connectivity index is 1.34. The number of fused-ring (bicyclic) bond motifs is 3. The van der Waals surface area contributed by atoms with Crippen molar-refractivity contribution in [1.82, 2.24) is 10.6 Å². The second kappa shape index (κ2) is 9.87. The van der Waals surface area contributed by atoms with Crippen LogP contribution in [0.1, 0.15) is 56.6 Å². The molecule has 0 aliphatic heterocycles. The second-order valence-electron chi connectivity index (χ2n) is 9.75. The lowest BCUT2D eigenvalue weighted by Gasteiger charge is -2.42. The summed E-state index contributed by atoms with van der Waals surface area (Å²) < 4.78 is 5.58. The molecule has 2 amide bonds. The van der Waals surface area contributed by atoms with E-state index in [0.717, 1.165) is 28.7 Å². The molecule has 2 aromatic carbocycles. The number of amides is 2. The topological polar surface area (TPSA) is 105 Å². The molecule has 4 rings (SSSR count). The van der Waals surface area contributed by atoms with Crippen molar-refractivity contribution in [3.05, 3.63) is 59.7 Å². The molecule has 2 aromatic rings. The minimum Gasteiger partial charge on any atom is -0.481 e. The van der Waals surface area contributed by atoms with E-state index in [0.29, 0.717) is 12.8 Å². The van der Waals surface area contributed by atoms with E-state index in [9.17, 15) is 19.5 Å². The molecule has 0 aromatic heterocycles. The number of ether oxygens (including phenoxy) is 1. The van der Waals surface area contributed by atoms with Crippen molar-refractivity contribution in [3.8, 4) is 11.1 Å². The van der Waals surface area contributed by atoms with Crippen LogP contribution in [0, 0.1) is 11.8 Å². The Bertz CT molecular complexity index is 1030. The Morgan fingerprint density at radius 1 is 1.03 bits per heavy atom. The van der Waals surface area contributed by atoms with Crippen molar-refractivity contribution in [2.75, 3.05) is 13.2 Å². The quantitative estimate of drug-likeness (QED) is 0.513. The van der Waals surface area contributed by atoms with E-state index in [1.807, 2.05) is 38.1 Å². The summed E-state index contributed by atoms with van der Waals surface area (Å²) in [7, 11) is 0. The van der Waals surface area contributed by atoms with E-state index in [1.54, 1.807) is 0 Å². The van der Waals surface area contributed by atoms with Crippen LogP contribution in [0.2, 0.25) is 0 Å². The molecular formula is C27H32N2O5. The minimum absolute atomic E-state index is 0.0307. The van der Waals surface area contributed by atoms with Gasteiger partial charge < -0.3 is 20.5 Å². The maximum Gasteiger partial charge on any atom is 0.407 e. The highest BCUT2D eigenvalue weighted by molar-refractivity contribution is 5.82. The maximum atomic E-state index is 12.9. The third-order valence-corrected chi connectivity index (χ3v) is 7.14. The summed E-state index contributed by atoms with van der Waals surface area (Å²) in [6.07, 6.45) is 1.58. The second-order valence-corrected chi connectivity index (χ2v) is 9.75. The first-order valence-corrected chi connectivity index (χ1v) is 11.9. The normalized spacial score (nSPS) is 16.7. The number of carboxylic acids is 1. The van der Waals surface area contributed by atoms with Gasteiger partial charge in [0.05, 0.1) is 17.9 Å². The molecule has 3 N–H and O–H groups in total. The lowest BCUT2D eigenvalue weighted by molar-refractivity contribution is -0.141. The van der Waals surface area contributed by atoms with Crippen molar-refractivity contribution in [2.24, 2.45) is 11.8 Å². The van der Waals surface area contributed by atoms with Crippen LogP contribution in [0.3, 0.4) is 0 Å². The molecule has 7 nitrogen and oxygen atoms in total. The van der Waals surface area contributed by atoms with Crippen LogP contribution in [-0.2, 0) is 14.3 Å². The number of nitrogens with one attached hydrogen (secondary N) is 2. The zero-order valence-corrected chi connectivity index (χ0v) is 19.7. The van der Waals surface area contributed by atoms with Gasteiger partial charge in [0.25, 0.3) is 0 Å². The van der Waals surface area contributed by atoms with Gasteiger partial charge in [-0.05, 0) is 47.4 Å². The number of hydrogen-bond donors (Lipinski definition) is 3. The highest BCUT2D eigenvalue weighted by Crippen LogP contribution is 2.44. The molecule has 2 aliphatic carbocycles. The van der Waals surface area contributed by atoms with E-state index in [4.69, 9.17) is 4.74 Å². The van der Waals surface area contributed by atoms with Crippen LogP contribution >= 0.6 is 0 Å². The van der Waals surface area contributed by atoms with Crippen molar-refractivity contribution in [1.29, 1.82) is 0 Å². The Labute approximate surface area is 199 Å². The molecule has 0 spiro atoms. The van der Waals surface area contributed by atoms with E-state index < -0.39 is 23.5 Å². The van der Waals surface area contributed by atoms with Crippen LogP contribution in [-0.4, -0.2) is 41.8 Å². The third kappa shape index (κ3) is 4.93. The molecule has 0 bridgehead atoms. The summed E-state index contributed by atoms with van der Waals surface area (Å²) in [6, 6.07) is 16.3. The van der Waals surface area contributed by atoms with E-state index >= 15 is 0 Å². The molecular weight excluding hydrogens is 432 g/mol. The van der Waals surface area contributed by atoms with E-state index in [1.165, 1.54) is 0 Å². The van der Waals surface area contributed by atoms with Gasteiger partial charge >= 0.3 is 12.1 Å². The molecule has 7 heteroatoms. The van der Waals surface area contributed by atoms with Gasteiger partial charge in [-0.2, -0.15) is 0 Å². The van der Waals surface area contributed by atoms with Gasteiger partial charge in [0.15, 0.2) is 0 Å². The lowest BCUT2D eigenvalue weighted by atomic mass is 9.74. The number of hydrogen-bond acceptors (Lipinski definition) is 4. The Kier molecular flexibility index (Phi) is 6.91. The van der Waals surface area contributed by atoms with Crippen LogP contribution in [0.25, 0.3) is 11.1 Å². The van der Waals surface area contributed by atoms with Gasteiger partial charge in [-0.15, -0.1) is 0 Å². The number of alkyl carbamates (subject to hydrolysis) is 1. The summed E-state index contributed by atoms with van der Waals surface area (Å²) in [5, 5.41) is 14.9. The first-order chi connectivity index (χ1) is 16.3. The molecule has 0 heterocycles. The molecule has 0 radical (unpaired) electrons. The highest BCUT2D eigenvalue weighted by Gasteiger charge is 2.42. The Hall–Kier alpha value is -3.35. The van der Waals surface area contributed by atoms with Crippen molar-refractivity contribution in [2.45, 2.75) is 51.0 Å². The third-order valence-electron chi connectivity index (χ3n) is 7.14. The van der Waals surface area contributed by atoms with Gasteiger partial charge in [-0.25, -0.2) is 4.79 Å². The summed E-state index contributed by atoms with van der Waals surface area (Å²) in [5.74, 6) is -1.69. The Morgan fingerprint density at radius 2 is 1.62 bits per heavy atom. The zero-order chi connectivity index (χ0) is 24.3. The van der Waals surface area contributed by atoms with Gasteiger partial charge in [-0.1, -0.05) is 62.4 Å². The average molecular weight is 465 g/mol. The number of aliphatic carboxylic acids is 1. The fourth-order valence-electron chi connectivity index (χ4n) is 5.07. The molecule has 1 atom stereocenters. The Morgan fingerprint density at radius 3 is 2.12 bits per heavy atom. The molecule has 2 aliphatic rings. The largest absolute Gasteiger partial charge is 0.481 e. The maximum absolute atomic E-state index is 12.9. The molecule has 0 saturated heterocycles. The fourth-order valence-corrected chi connectivity index (χ4v) is 5.07. The molecule has 1 unspecified atom stereocenters. The van der Waals surface area contributed by atoms with Gasteiger partial charge in [0.2, 0.25) is 5.91 Å². The number of benzene rings is 2. The summed E-state index contributed by atoms with van der Waals surface area (Å²) in [5.41, 5.74) is 3.94. The monoisotopic (exact) mass is 464 g/mol. The van der Waals surface area contributed by atoms with Gasteiger partial charge in [-0.3, -0.25) is 9.59 Å². The van der Waals surface area contributed by atoms with Gasteiger partial charge in [0.1, 0.15) is 6.61 Å². The summed E-state index contributed by atoms with van der Waals surface area (Å²) in [6.45, 7) is 4.16. The first kappa shape index (κ1) is 23.8. The molecule has 34 heavy (non-hydrogen) atoms. The standard InChI is InChI=1S/C27H32N2O5/c1-17(2)22(25(32)29-27(12-7-13-27)14-24(30)31)15-28-26(33)34-16-23-20-10-5-3-8-18(20)19-9-4-6-11-21(19)23/h3-6,8-11,17,22-23H,7,12-16H2,1-2H3,(H,28,33)(H,29,32)(H,30,31). The SMILES string of the molecule is CC(C)C(CNC(=O)OCC1c2ccccc2-c2ccccc21)C(=O)NC1(CC(=O)O)CCC1. The van der Waals surface area contributed by atoms with Crippen LogP contribution in [0.15, 0.2) is 48.5 Å². The number of carbonyl (C=O) groups excluding carboxylic acids is 2. The van der Waals surface area contributed by atoms with Crippen molar-refractivity contribution < 1.29 is 24.2 Å². The van der Waals surface area contributed by atoms with Crippen molar-refractivity contribution in [3.63, 3.8) is 0 Å². The molecule has 1 saturated carbocycles. The predicted molar refractivity (Wildman–Crippen MR) is 128 cm³/mol. The summed E-state index contributed by atoms with van der Waals surface area (Å²) in [4.78, 5) is 36.7. The molecule has 180 valence electrons. The first-order valence-electron chi connectivity index (χ1n) is 11.9. The van der Waals surface area contributed by atoms with Gasteiger partial charge in [0, 0.05) is 12.5 Å². The summed E-state index contributed by atoms with van der Waals surface area (Å²) >= 11 is 0. The lowest BCUT2D eigenvalue weighted by Crippen LogP contribution is -2.57. The van der Waals surface area contributed by atoms with E-state index in [2.05, 4.69) is 34.9 Å². The average Bonchev–Trinajstić information content (AvgIpc) is 3.09. The zero-order valence-electron chi connectivity index (χ0n) is 19.7. The number of rotatable bonds is 9. The highest BCUT2D eigenvalue weighted by atomic mass is 16.5. The number of carboxylic acid groups (broad SMARTS) is 1. The van der Waals surface area contributed by atoms with E-state index in [-0.39, 0.29) is 37.3 Å². The molecule has 1 fully saturated rings. The van der Waals surface area contributed by atoms with Crippen LogP contribution in [0.5, 0.6) is 0 Å². The smallest absolute Gasteiger partial charge is 0.407 e. The minimum atomic E-state index is -0.919. The fraction of sp³-hybridized carbons (Fsp3) is 0.444.